The maximum Gasteiger partial charge on any atom is 0.326 e. The van der Waals surface area contributed by atoms with E-state index in [1.165, 1.54) is 31.2 Å². The SMILES string of the molecule is CC(C)C[C@H](NC(=O)[C@@H]1CCCN1C(=O)[C@H](CC(N)=O)NC(=O)[C@H](CCCCN)NC(=O)[C@H](C)NC(=O)[C@H](CCCCN)NC(=O)[C@H](CO)NC(=O)[C@@H](N)CCCN=C(N)N)C(=O)N[C@@H](Cc1ccc(O)cc1)C(=O)N[C@@H](CCCN=C(N)N)C(=O)O. The highest BCUT2D eigenvalue weighted by Gasteiger charge is 2.41. The van der Waals surface area contributed by atoms with Gasteiger partial charge in [-0.2, -0.15) is 0 Å². The number of benzene rings is 1. The molecule has 0 unspecified atom stereocenters. The van der Waals surface area contributed by atoms with Crippen molar-refractivity contribution in [3.05, 3.63) is 29.8 Å². The van der Waals surface area contributed by atoms with Gasteiger partial charge >= 0.3 is 5.97 Å². The van der Waals surface area contributed by atoms with Gasteiger partial charge in [-0.1, -0.05) is 26.0 Å². The lowest BCUT2D eigenvalue weighted by Crippen LogP contribution is -2.60. The zero-order valence-corrected chi connectivity index (χ0v) is 49.8. The Kier molecular flexibility index (Phi) is 33.7. The Morgan fingerprint density at radius 3 is 1.57 bits per heavy atom. The predicted molar refractivity (Wildman–Crippen MR) is 319 cm³/mol. The van der Waals surface area contributed by atoms with Crippen molar-refractivity contribution in [2.24, 2.45) is 61.8 Å². The summed E-state index contributed by atoms with van der Waals surface area (Å²) in [4.78, 5) is 158. The van der Waals surface area contributed by atoms with E-state index in [-0.39, 0.29) is 121 Å². The number of carbonyl (C=O) groups excluding carboxylic acids is 10. The van der Waals surface area contributed by atoms with Crippen LogP contribution in [0, 0.1) is 5.92 Å². The van der Waals surface area contributed by atoms with Crippen LogP contribution in [0.3, 0.4) is 0 Å². The molecule has 0 radical (unpaired) electrons. The number of carboxylic acid groups (broad SMARTS) is 1. The average Bonchev–Trinajstić information content (AvgIpc) is 2.65. The number of unbranched alkanes of at least 4 members (excludes halogenated alkanes) is 2. The summed E-state index contributed by atoms with van der Waals surface area (Å²) >= 11 is 0. The summed E-state index contributed by atoms with van der Waals surface area (Å²) in [5, 5.41) is 50.1. The summed E-state index contributed by atoms with van der Waals surface area (Å²) in [6.45, 7) is 4.63. The predicted octanol–water partition coefficient (Wildman–Crippen LogP) is -6.49. The van der Waals surface area contributed by atoms with Crippen LogP contribution in [0.25, 0.3) is 0 Å². The minimum Gasteiger partial charge on any atom is -0.508 e. The third kappa shape index (κ3) is 28.1. The van der Waals surface area contributed by atoms with Crippen molar-refractivity contribution in [2.75, 3.05) is 39.3 Å². The second kappa shape index (κ2) is 39.3. The Hall–Kier alpha value is -8.43. The molecule has 87 heavy (non-hydrogen) atoms. The lowest BCUT2D eigenvalue weighted by atomic mass is 10.00. The van der Waals surface area contributed by atoms with E-state index in [4.69, 9.17) is 45.9 Å². The number of nitrogens with two attached hydrogens (primary N) is 8. The molecule has 0 aromatic heterocycles. The number of nitrogens with zero attached hydrogens (tertiary/aromatic N) is 3. The number of aliphatic carboxylic acids is 1. The van der Waals surface area contributed by atoms with Gasteiger partial charge in [0.15, 0.2) is 11.9 Å². The molecule has 2 rings (SSSR count). The smallest absolute Gasteiger partial charge is 0.326 e. The van der Waals surface area contributed by atoms with Gasteiger partial charge in [0.2, 0.25) is 59.1 Å². The van der Waals surface area contributed by atoms with E-state index in [0.29, 0.717) is 31.2 Å². The number of amides is 10. The van der Waals surface area contributed by atoms with Gasteiger partial charge in [0.1, 0.15) is 60.1 Å². The first kappa shape index (κ1) is 74.7. The highest BCUT2D eigenvalue weighted by molar-refractivity contribution is 5.99. The molecular formula is C54H93N19O14. The fourth-order valence-corrected chi connectivity index (χ4v) is 9.13. The van der Waals surface area contributed by atoms with Gasteiger partial charge in [0.25, 0.3) is 0 Å². The monoisotopic (exact) mass is 1230 g/mol. The van der Waals surface area contributed by atoms with Crippen molar-refractivity contribution >= 4 is 77.0 Å². The van der Waals surface area contributed by atoms with E-state index in [9.17, 15) is 68.1 Å². The van der Waals surface area contributed by atoms with Crippen molar-refractivity contribution in [1.29, 1.82) is 0 Å². The molecule has 33 heteroatoms. The van der Waals surface area contributed by atoms with Crippen LogP contribution >= 0.6 is 0 Å². The normalized spacial score (nSPS) is 15.9. The molecular weight excluding hydrogens is 1140 g/mol. The maximum atomic E-state index is 14.5. The van der Waals surface area contributed by atoms with Crippen molar-refractivity contribution in [2.45, 2.75) is 178 Å². The number of aliphatic hydroxyl groups excluding tert-OH is 1. The van der Waals surface area contributed by atoms with Crippen LogP contribution in [-0.2, 0) is 59.2 Å². The first-order chi connectivity index (χ1) is 41.1. The Morgan fingerprint density at radius 2 is 1.05 bits per heavy atom. The Labute approximate surface area is 505 Å². The fraction of sp³-hybridized carbons (Fsp3) is 0.648. The Morgan fingerprint density at radius 1 is 0.575 bits per heavy atom. The number of phenolic OH excluding ortho intramolecular Hbond substituents is 1. The largest absolute Gasteiger partial charge is 0.508 e. The van der Waals surface area contributed by atoms with E-state index in [1.54, 1.807) is 13.8 Å². The maximum absolute atomic E-state index is 14.5. The molecule has 27 N–H and O–H groups in total. The third-order valence-electron chi connectivity index (χ3n) is 13.8. The lowest BCUT2D eigenvalue weighted by Gasteiger charge is -2.31. The summed E-state index contributed by atoms with van der Waals surface area (Å²) in [6, 6.07) is -8.10. The molecule has 10 amide bonds. The number of guanidine groups is 2. The number of nitrogens with one attached hydrogen (secondary N) is 8. The number of carbonyl (C=O) groups is 11. The minimum atomic E-state index is -1.68. The average molecular weight is 1230 g/mol. The van der Waals surface area contributed by atoms with Crippen molar-refractivity contribution in [3.8, 4) is 5.75 Å². The quantitative estimate of drug-likeness (QED) is 0.0165. The number of primary amides is 1. The van der Waals surface area contributed by atoms with E-state index in [0.717, 1.165) is 4.90 Å². The Balaban J connectivity index is 2.33. The second-order valence-corrected chi connectivity index (χ2v) is 21.6. The molecule has 1 aromatic carbocycles. The molecule has 0 saturated carbocycles. The number of hydrogen-bond acceptors (Lipinski definition) is 18. The van der Waals surface area contributed by atoms with Gasteiger partial charge in [0.05, 0.1) is 19.1 Å². The number of aromatic hydroxyl groups is 1. The molecule has 0 aliphatic carbocycles. The molecule has 0 bridgehead atoms. The number of aliphatic imine (C=N–C) groups is 2. The standard InChI is InChI=1S/C54H93N19O14/c1-29(2)25-37(47(81)69-38(26-31-16-18-32(75)19-17-31)48(82)68-36(52(86)87)14-9-23-64-54(61)62)70-50(84)41-15-10-24-73(41)51(85)39(27-42(58)76)71-46(80)35(13-5-7-21-56)66-43(77)30(3)65-45(79)34(12-4-6-20-55)67-49(83)40(28-74)72-44(78)33(57)11-8-22-63-53(59)60/h16-19,29-30,33-41,74-75H,4-15,20-28,55-57H2,1-3H3,(H2,58,76)(H,65,79)(H,66,77)(H,67,83)(H,68,82)(H,69,81)(H,70,84)(H,71,80)(H,72,78)(H,86,87)(H4,59,60,63)(H4,61,62,64)/t30-,33-,34-,35-,36-,37-,38-,39-,40-,41-/m0/s1. The van der Waals surface area contributed by atoms with Crippen molar-refractivity contribution in [1.82, 2.24) is 47.4 Å². The molecule has 1 heterocycles. The molecule has 1 fully saturated rings. The van der Waals surface area contributed by atoms with Crippen LogP contribution in [0.15, 0.2) is 34.3 Å². The van der Waals surface area contributed by atoms with Crippen molar-refractivity contribution < 1.29 is 68.1 Å². The number of likely N-dealkylation sites (tertiary alicyclic amines) is 1. The van der Waals surface area contributed by atoms with Gasteiger partial charge in [0, 0.05) is 26.1 Å². The number of aliphatic hydroxyl groups is 1. The van der Waals surface area contributed by atoms with Crippen LogP contribution in [0.1, 0.15) is 116 Å². The summed E-state index contributed by atoms with van der Waals surface area (Å²) in [6.07, 6.45) is 1.38. The summed E-state index contributed by atoms with van der Waals surface area (Å²) < 4.78 is 0. The van der Waals surface area contributed by atoms with E-state index >= 15 is 0 Å². The molecule has 1 aliphatic heterocycles. The fourth-order valence-electron chi connectivity index (χ4n) is 9.13. The number of rotatable bonds is 41. The highest BCUT2D eigenvalue weighted by atomic mass is 16.4. The van der Waals surface area contributed by atoms with Crippen LogP contribution in [-0.4, -0.2) is 197 Å². The first-order valence-corrected chi connectivity index (χ1v) is 29.0. The molecule has 10 atom stereocenters. The molecule has 488 valence electrons. The van der Waals surface area contributed by atoms with Gasteiger partial charge in [-0.15, -0.1) is 0 Å². The van der Waals surface area contributed by atoms with E-state index in [1.807, 2.05) is 0 Å². The molecule has 0 spiro atoms. The van der Waals surface area contributed by atoms with Gasteiger partial charge in [-0.3, -0.25) is 57.9 Å². The molecule has 1 aliphatic rings. The zero-order chi connectivity index (χ0) is 65.3. The lowest BCUT2D eigenvalue weighted by molar-refractivity contribution is -0.143. The topological polar surface area (TPSA) is 581 Å². The van der Waals surface area contributed by atoms with E-state index < -0.39 is 138 Å². The van der Waals surface area contributed by atoms with Gasteiger partial charge in [-0.25, -0.2) is 4.79 Å². The van der Waals surface area contributed by atoms with Crippen molar-refractivity contribution in [3.63, 3.8) is 0 Å². The van der Waals surface area contributed by atoms with Crippen LogP contribution in [0.5, 0.6) is 5.75 Å². The van der Waals surface area contributed by atoms with Crippen LogP contribution in [0.4, 0.5) is 0 Å². The number of carboxylic acids is 1. The Bertz CT molecular complexity index is 2510. The summed E-state index contributed by atoms with van der Waals surface area (Å²) in [7, 11) is 0. The number of phenols is 1. The highest BCUT2D eigenvalue weighted by Crippen LogP contribution is 2.21. The van der Waals surface area contributed by atoms with Gasteiger partial charge < -0.3 is 109 Å². The summed E-state index contributed by atoms with van der Waals surface area (Å²) in [5.74, 6) is -10.9. The van der Waals surface area contributed by atoms with Crippen LogP contribution in [0.2, 0.25) is 0 Å². The van der Waals surface area contributed by atoms with Crippen LogP contribution < -0.4 is 88.4 Å². The second-order valence-electron chi connectivity index (χ2n) is 21.6. The first-order valence-electron chi connectivity index (χ1n) is 29.0. The zero-order valence-electron chi connectivity index (χ0n) is 49.8. The minimum absolute atomic E-state index is 0.0133. The summed E-state index contributed by atoms with van der Waals surface area (Å²) in [5.41, 5.74) is 44.8. The number of hydrogen-bond donors (Lipinski definition) is 19. The molecule has 1 aromatic rings. The molecule has 33 nitrogen and oxygen atoms in total. The molecule has 1 saturated heterocycles. The van der Waals surface area contributed by atoms with Gasteiger partial charge in [-0.05, 0) is 127 Å². The van der Waals surface area contributed by atoms with E-state index in [2.05, 4.69) is 52.5 Å². The third-order valence-corrected chi connectivity index (χ3v) is 13.8.